The highest BCUT2D eigenvalue weighted by Crippen LogP contribution is 2.41. The van der Waals surface area contributed by atoms with Crippen molar-refractivity contribution in [2.75, 3.05) is 6.54 Å². The van der Waals surface area contributed by atoms with Crippen LogP contribution in [0.5, 0.6) is 0 Å². The minimum Gasteiger partial charge on any atom is -0.351 e. The predicted molar refractivity (Wildman–Crippen MR) is 40.3 cm³/mol. The predicted octanol–water partition coefficient (Wildman–Crippen LogP) is -0.817. The Kier molecular flexibility index (Phi) is 1.86. The second kappa shape index (κ2) is 2.73. The number of hydrogen-bond donors (Lipinski definition) is 1. The van der Waals surface area contributed by atoms with Crippen LogP contribution in [0.15, 0.2) is 0 Å². The first-order valence-corrected chi connectivity index (χ1v) is 3.56. The Balaban J connectivity index is 3.50. The molecule has 0 aromatic rings. The Morgan fingerprint density at radius 1 is 1.07 bits per heavy atom. The van der Waals surface area contributed by atoms with Gasteiger partial charge in [0, 0.05) is 0 Å². The first kappa shape index (κ1) is 9.52. The Hall–Kier alpha value is -2.57. The number of nitrogens with zero attached hydrogens (tertiary/aromatic N) is 4. The molecule has 0 unspecified atom stereocenters. The molecule has 6 heteroatoms. The minimum absolute atomic E-state index is 0.292. The van der Waals surface area contributed by atoms with Gasteiger partial charge in [-0.1, -0.05) is 0 Å². The van der Waals surface area contributed by atoms with Crippen molar-refractivity contribution in [3.05, 3.63) is 0 Å². The summed E-state index contributed by atoms with van der Waals surface area (Å²) < 4.78 is 0. The smallest absolute Gasteiger partial charge is 0.258 e. The summed E-state index contributed by atoms with van der Waals surface area (Å²) in [6, 6.07) is 6.02. The van der Waals surface area contributed by atoms with Gasteiger partial charge in [0.15, 0.2) is 0 Å². The molecule has 1 saturated heterocycles. The third kappa shape index (κ3) is 0.724. The zero-order valence-corrected chi connectivity index (χ0v) is 6.90. The lowest BCUT2D eigenvalue weighted by Gasteiger charge is -2.18. The van der Waals surface area contributed by atoms with Gasteiger partial charge in [0.2, 0.25) is 5.41 Å². The van der Waals surface area contributed by atoms with Crippen LogP contribution in [0, 0.1) is 56.2 Å². The summed E-state index contributed by atoms with van der Waals surface area (Å²) in [6.07, 6.45) is 0. The van der Waals surface area contributed by atoms with Crippen molar-refractivity contribution < 1.29 is 4.79 Å². The SMILES string of the molecule is N#CC1(C#N)CNC(=O)C1(C#N)C#N. The molecule has 1 aliphatic heterocycles. The van der Waals surface area contributed by atoms with Gasteiger partial charge in [0.05, 0.1) is 30.8 Å². The van der Waals surface area contributed by atoms with E-state index in [-0.39, 0.29) is 6.54 Å². The molecule has 66 valence electrons. The van der Waals surface area contributed by atoms with Crippen LogP contribution in [0.4, 0.5) is 0 Å². The second-order valence-electron chi connectivity index (χ2n) is 2.79. The molecule has 1 aliphatic rings. The average molecular weight is 185 g/mol. The summed E-state index contributed by atoms with van der Waals surface area (Å²) in [4.78, 5) is 11.2. The number of nitriles is 4. The Labute approximate surface area is 79.6 Å². The zero-order chi connectivity index (χ0) is 10.8. The van der Waals surface area contributed by atoms with E-state index in [1.54, 1.807) is 12.1 Å². The van der Waals surface area contributed by atoms with E-state index in [9.17, 15) is 4.79 Å². The van der Waals surface area contributed by atoms with Crippen LogP contribution in [0.25, 0.3) is 0 Å². The third-order valence-electron chi connectivity index (χ3n) is 2.21. The molecule has 1 amide bonds. The van der Waals surface area contributed by atoms with Crippen LogP contribution < -0.4 is 5.32 Å². The molecule has 0 bridgehead atoms. The Bertz CT molecular complexity index is 424. The summed E-state index contributed by atoms with van der Waals surface area (Å²) in [7, 11) is 0. The van der Waals surface area contributed by atoms with Gasteiger partial charge in [-0.15, -0.1) is 0 Å². The molecule has 0 atom stereocenters. The molecule has 0 radical (unpaired) electrons. The lowest BCUT2D eigenvalue weighted by molar-refractivity contribution is -0.124. The normalized spacial score (nSPS) is 20.7. The molecule has 14 heavy (non-hydrogen) atoms. The van der Waals surface area contributed by atoms with E-state index >= 15 is 0 Å². The van der Waals surface area contributed by atoms with E-state index in [1.807, 2.05) is 0 Å². The molecule has 6 nitrogen and oxygen atoms in total. The lowest BCUT2D eigenvalue weighted by Crippen LogP contribution is -2.39. The van der Waals surface area contributed by atoms with Gasteiger partial charge in [-0.25, -0.2) is 0 Å². The van der Waals surface area contributed by atoms with E-state index in [0.717, 1.165) is 0 Å². The zero-order valence-electron chi connectivity index (χ0n) is 6.90. The fourth-order valence-electron chi connectivity index (χ4n) is 1.26. The van der Waals surface area contributed by atoms with E-state index in [4.69, 9.17) is 21.0 Å². The molecule has 1 fully saturated rings. The summed E-state index contributed by atoms with van der Waals surface area (Å²) >= 11 is 0. The van der Waals surface area contributed by atoms with E-state index in [0.29, 0.717) is 0 Å². The van der Waals surface area contributed by atoms with Gasteiger partial charge in [0.1, 0.15) is 0 Å². The second-order valence-corrected chi connectivity index (χ2v) is 2.79. The number of nitrogens with one attached hydrogen (secondary N) is 1. The summed E-state index contributed by atoms with van der Waals surface area (Å²) in [5.41, 5.74) is -4.12. The van der Waals surface area contributed by atoms with Crippen LogP contribution in [-0.2, 0) is 4.79 Å². The molecule has 0 aromatic carbocycles. The number of carbonyl (C=O) groups excluding carboxylic acids is 1. The maximum Gasteiger partial charge on any atom is 0.258 e. The van der Waals surface area contributed by atoms with Crippen LogP contribution in [0.3, 0.4) is 0 Å². The van der Waals surface area contributed by atoms with Crippen molar-refractivity contribution in [2.45, 2.75) is 0 Å². The van der Waals surface area contributed by atoms with Crippen LogP contribution in [0.2, 0.25) is 0 Å². The summed E-state index contributed by atoms with van der Waals surface area (Å²) in [5.74, 6) is -0.884. The summed E-state index contributed by atoms with van der Waals surface area (Å²) in [5, 5.41) is 37.2. The van der Waals surface area contributed by atoms with Crippen molar-refractivity contribution in [1.82, 2.24) is 5.32 Å². The molecule has 0 aliphatic carbocycles. The highest BCUT2D eigenvalue weighted by atomic mass is 16.2. The molecule has 0 aromatic heterocycles. The van der Waals surface area contributed by atoms with Crippen molar-refractivity contribution in [2.24, 2.45) is 10.8 Å². The Morgan fingerprint density at radius 3 is 1.86 bits per heavy atom. The van der Waals surface area contributed by atoms with Gasteiger partial charge < -0.3 is 5.32 Å². The minimum atomic E-state index is -2.21. The average Bonchev–Trinajstić information content (AvgIpc) is 2.52. The first-order chi connectivity index (χ1) is 6.62. The van der Waals surface area contributed by atoms with E-state index < -0.39 is 16.7 Å². The Morgan fingerprint density at radius 2 is 1.57 bits per heavy atom. The highest BCUT2D eigenvalue weighted by molar-refractivity contribution is 5.93. The van der Waals surface area contributed by atoms with Gasteiger partial charge >= 0.3 is 0 Å². The van der Waals surface area contributed by atoms with Crippen molar-refractivity contribution >= 4 is 5.91 Å². The number of carbonyl (C=O) groups is 1. The maximum atomic E-state index is 11.2. The monoisotopic (exact) mass is 185 g/mol. The van der Waals surface area contributed by atoms with Gasteiger partial charge in [-0.2, -0.15) is 21.0 Å². The fraction of sp³-hybridized carbons (Fsp3) is 0.375. The van der Waals surface area contributed by atoms with Crippen molar-refractivity contribution in [3.8, 4) is 24.3 Å². The number of hydrogen-bond acceptors (Lipinski definition) is 5. The molecular formula is C8H3N5O. The molecular weight excluding hydrogens is 182 g/mol. The van der Waals surface area contributed by atoms with Gasteiger partial charge in [0.25, 0.3) is 11.3 Å². The van der Waals surface area contributed by atoms with Gasteiger partial charge in [-0.05, 0) is 0 Å². The van der Waals surface area contributed by atoms with Crippen LogP contribution in [0.1, 0.15) is 0 Å². The van der Waals surface area contributed by atoms with Crippen LogP contribution in [-0.4, -0.2) is 12.5 Å². The lowest BCUT2D eigenvalue weighted by atomic mass is 9.69. The number of rotatable bonds is 0. The van der Waals surface area contributed by atoms with Crippen molar-refractivity contribution in [1.29, 1.82) is 21.0 Å². The molecule has 0 spiro atoms. The standard InChI is InChI=1S/C8H3N5O/c9-1-7(2-10)5-13-6(14)8(7,3-11)4-12/h5H2,(H,13,14). The number of amides is 1. The molecule has 0 saturated carbocycles. The van der Waals surface area contributed by atoms with E-state index in [1.165, 1.54) is 12.1 Å². The quantitative estimate of drug-likeness (QED) is 0.528. The highest BCUT2D eigenvalue weighted by Gasteiger charge is 2.64. The molecule has 1 heterocycles. The largest absolute Gasteiger partial charge is 0.351 e. The summed E-state index contributed by atoms with van der Waals surface area (Å²) in [6.45, 7) is -0.292. The van der Waals surface area contributed by atoms with Crippen LogP contribution >= 0.6 is 0 Å². The van der Waals surface area contributed by atoms with Crippen molar-refractivity contribution in [3.63, 3.8) is 0 Å². The topological polar surface area (TPSA) is 124 Å². The maximum absolute atomic E-state index is 11.2. The van der Waals surface area contributed by atoms with Gasteiger partial charge in [-0.3, -0.25) is 4.79 Å². The van der Waals surface area contributed by atoms with E-state index in [2.05, 4.69) is 5.32 Å². The molecule has 1 rings (SSSR count). The fourth-order valence-corrected chi connectivity index (χ4v) is 1.26. The first-order valence-electron chi connectivity index (χ1n) is 3.56. The molecule has 1 N–H and O–H groups in total. The third-order valence-corrected chi connectivity index (χ3v) is 2.21.